The number of hydrogen-bond donors (Lipinski definition) is 2. The molecule has 0 saturated carbocycles. The van der Waals surface area contributed by atoms with Gasteiger partial charge in [-0.05, 0) is 36.8 Å². The summed E-state index contributed by atoms with van der Waals surface area (Å²) < 4.78 is 1.32. The molecule has 1 heterocycles. The highest BCUT2D eigenvalue weighted by Crippen LogP contribution is 2.25. The van der Waals surface area contributed by atoms with Gasteiger partial charge < -0.3 is 5.73 Å². The van der Waals surface area contributed by atoms with Crippen LogP contribution < -0.4 is 11.4 Å². The van der Waals surface area contributed by atoms with E-state index >= 15 is 0 Å². The molecule has 3 N–H and O–H groups in total. The first kappa shape index (κ1) is 14.6. The summed E-state index contributed by atoms with van der Waals surface area (Å²) in [4.78, 5) is 14.9. The molecule has 22 heavy (non-hydrogen) atoms. The molecule has 0 radical (unpaired) electrons. The Morgan fingerprint density at radius 1 is 1.23 bits per heavy atom. The number of aryl methyl sites for hydroxylation is 1. The van der Waals surface area contributed by atoms with Gasteiger partial charge in [0.05, 0.1) is 10.7 Å². The zero-order valence-corrected chi connectivity index (χ0v) is 12.8. The van der Waals surface area contributed by atoms with Crippen LogP contribution in [0.1, 0.15) is 11.1 Å². The van der Waals surface area contributed by atoms with Gasteiger partial charge in [0, 0.05) is 12.1 Å². The van der Waals surface area contributed by atoms with E-state index in [1.54, 1.807) is 6.07 Å². The Morgan fingerprint density at radius 3 is 2.64 bits per heavy atom. The fourth-order valence-electron chi connectivity index (χ4n) is 2.19. The summed E-state index contributed by atoms with van der Waals surface area (Å²) in [5, 5.41) is 4.86. The van der Waals surface area contributed by atoms with Crippen molar-refractivity contribution < 1.29 is 0 Å². The van der Waals surface area contributed by atoms with E-state index in [-0.39, 0.29) is 5.69 Å². The van der Waals surface area contributed by atoms with Crippen LogP contribution in [0.25, 0.3) is 17.1 Å². The van der Waals surface area contributed by atoms with Crippen LogP contribution in [0.5, 0.6) is 0 Å². The molecule has 1 aromatic heterocycles. The summed E-state index contributed by atoms with van der Waals surface area (Å²) in [7, 11) is 0. The summed E-state index contributed by atoms with van der Waals surface area (Å²) in [6.07, 6.45) is 0. The number of aromatic amines is 1. The molecule has 0 amide bonds. The largest absolute Gasteiger partial charge is 0.348 e. The first-order chi connectivity index (χ1) is 10.6. The lowest BCUT2D eigenvalue weighted by atomic mass is 10.1. The van der Waals surface area contributed by atoms with Gasteiger partial charge in [-0.15, -0.1) is 5.10 Å². The lowest BCUT2D eigenvalue weighted by Gasteiger charge is -2.03. The smallest absolute Gasteiger partial charge is 0.326 e. The second-order valence-electron chi connectivity index (χ2n) is 5.04. The molecule has 0 saturated heterocycles. The van der Waals surface area contributed by atoms with Crippen molar-refractivity contribution in [2.75, 3.05) is 0 Å². The first-order valence-electron chi connectivity index (χ1n) is 6.84. The Balaban J connectivity index is 2.09. The highest BCUT2D eigenvalue weighted by atomic mass is 35.5. The topological polar surface area (TPSA) is 76.7 Å². The quantitative estimate of drug-likeness (QED) is 0.780. The van der Waals surface area contributed by atoms with Crippen molar-refractivity contribution in [1.82, 2.24) is 14.8 Å². The van der Waals surface area contributed by atoms with Crippen LogP contribution in [0, 0.1) is 6.92 Å². The number of aromatic nitrogens is 3. The molecule has 0 aliphatic rings. The molecule has 0 spiro atoms. The van der Waals surface area contributed by atoms with Crippen LogP contribution in [0.15, 0.2) is 47.3 Å². The molecule has 0 bridgehead atoms. The van der Waals surface area contributed by atoms with Crippen molar-refractivity contribution in [2.45, 2.75) is 13.5 Å². The maximum atomic E-state index is 12.1. The minimum absolute atomic E-state index is 0.312. The van der Waals surface area contributed by atoms with Crippen LogP contribution in [-0.2, 0) is 6.54 Å². The molecule has 2 aromatic carbocycles. The summed E-state index contributed by atoms with van der Waals surface area (Å²) in [5.74, 6) is 0.422. The number of H-pyrrole nitrogens is 1. The first-order valence-corrected chi connectivity index (χ1v) is 7.21. The Morgan fingerprint density at radius 2 is 1.95 bits per heavy atom. The van der Waals surface area contributed by atoms with Gasteiger partial charge in [0.25, 0.3) is 0 Å². The van der Waals surface area contributed by atoms with Gasteiger partial charge in [0.2, 0.25) is 0 Å². The number of benzene rings is 2. The maximum Gasteiger partial charge on any atom is 0.348 e. The van der Waals surface area contributed by atoms with Gasteiger partial charge in [0.1, 0.15) is 0 Å². The van der Waals surface area contributed by atoms with Crippen molar-refractivity contribution in [3.63, 3.8) is 0 Å². The van der Waals surface area contributed by atoms with E-state index in [2.05, 4.69) is 10.1 Å². The second-order valence-corrected chi connectivity index (χ2v) is 5.45. The van der Waals surface area contributed by atoms with Gasteiger partial charge in [-0.25, -0.2) is 4.79 Å². The summed E-state index contributed by atoms with van der Waals surface area (Å²) >= 11 is 6.20. The molecular formula is C16H15ClN4O. The van der Waals surface area contributed by atoms with Crippen LogP contribution in [0.2, 0.25) is 5.02 Å². The van der Waals surface area contributed by atoms with E-state index in [4.69, 9.17) is 17.3 Å². The zero-order chi connectivity index (χ0) is 15.7. The van der Waals surface area contributed by atoms with Gasteiger partial charge in [0.15, 0.2) is 5.82 Å². The second kappa shape index (κ2) is 5.79. The standard InChI is InChI=1S/C16H15ClN4O/c1-10-2-5-12(6-3-10)21-16(22)19-15(20-21)13-8-11(9-18)4-7-14(13)17/h2-8H,9,18H2,1H3,(H,19,20,22). The predicted octanol–water partition coefficient (Wildman–Crippen LogP) is 2.65. The predicted molar refractivity (Wildman–Crippen MR) is 87.3 cm³/mol. The lowest BCUT2D eigenvalue weighted by Crippen LogP contribution is -2.15. The number of halogens is 1. The molecule has 0 aliphatic heterocycles. The molecule has 6 heteroatoms. The molecule has 5 nitrogen and oxygen atoms in total. The number of nitrogens with zero attached hydrogens (tertiary/aromatic N) is 2. The van der Waals surface area contributed by atoms with Crippen molar-refractivity contribution >= 4 is 11.6 Å². The number of nitrogens with one attached hydrogen (secondary N) is 1. The van der Waals surface area contributed by atoms with Crippen LogP contribution in [0.3, 0.4) is 0 Å². The average Bonchev–Trinajstić information content (AvgIpc) is 2.90. The normalized spacial score (nSPS) is 10.9. The van der Waals surface area contributed by atoms with Crippen LogP contribution in [0.4, 0.5) is 0 Å². The van der Waals surface area contributed by atoms with Gasteiger partial charge in [-0.1, -0.05) is 35.4 Å². The molecular weight excluding hydrogens is 300 g/mol. The number of hydrogen-bond acceptors (Lipinski definition) is 3. The Kier molecular flexibility index (Phi) is 3.83. The third-order valence-electron chi connectivity index (χ3n) is 3.42. The van der Waals surface area contributed by atoms with E-state index in [0.717, 1.165) is 11.1 Å². The van der Waals surface area contributed by atoms with Gasteiger partial charge >= 0.3 is 5.69 Å². The van der Waals surface area contributed by atoms with E-state index < -0.39 is 0 Å². The van der Waals surface area contributed by atoms with E-state index in [0.29, 0.717) is 28.6 Å². The Labute approximate surface area is 132 Å². The van der Waals surface area contributed by atoms with E-state index in [1.165, 1.54) is 4.68 Å². The number of nitrogens with two attached hydrogens (primary N) is 1. The van der Waals surface area contributed by atoms with Crippen molar-refractivity contribution in [2.24, 2.45) is 5.73 Å². The molecule has 112 valence electrons. The molecule has 0 aliphatic carbocycles. The molecule has 0 atom stereocenters. The highest BCUT2D eigenvalue weighted by molar-refractivity contribution is 6.33. The molecule has 3 aromatic rings. The number of rotatable bonds is 3. The minimum Gasteiger partial charge on any atom is -0.326 e. The average molecular weight is 315 g/mol. The lowest BCUT2D eigenvalue weighted by molar-refractivity contribution is 0.844. The monoisotopic (exact) mass is 314 g/mol. The molecule has 0 unspecified atom stereocenters. The van der Waals surface area contributed by atoms with Crippen molar-refractivity contribution in [3.8, 4) is 17.1 Å². The van der Waals surface area contributed by atoms with Crippen molar-refractivity contribution in [1.29, 1.82) is 0 Å². The fraction of sp³-hybridized carbons (Fsp3) is 0.125. The van der Waals surface area contributed by atoms with Gasteiger partial charge in [-0.2, -0.15) is 4.68 Å². The SMILES string of the molecule is Cc1ccc(-n2nc(-c3cc(CN)ccc3Cl)[nH]c2=O)cc1. The summed E-state index contributed by atoms with van der Waals surface area (Å²) in [6, 6.07) is 13.0. The molecule has 3 rings (SSSR count). The van der Waals surface area contributed by atoms with Crippen LogP contribution in [-0.4, -0.2) is 14.8 Å². The third-order valence-corrected chi connectivity index (χ3v) is 3.75. The Hall–Kier alpha value is -2.37. The highest BCUT2D eigenvalue weighted by Gasteiger charge is 2.12. The zero-order valence-electron chi connectivity index (χ0n) is 12.0. The maximum absolute atomic E-state index is 12.1. The minimum atomic E-state index is -0.312. The summed E-state index contributed by atoms with van der Waals surface area (Å²) in [5.41, 5.74) is 8.73. The van der Waals surface area contributed by atoms with Crippen LogP contribution >= 0.6 is 11.6 Å². The van der Waals surface area contributed by atoms with E-state index in [1.807, 2.05) is 43.3 Å². The molecule has 0 fully saturated rings. The fourth-order valence-corrected chi connectivity index (χ4v) is 2.39. The van der Waals surface area contributed by atoms with E-state index in [9.17, 15) is 4.79 Å². The summed E-state index contributed by atoms with van der Waals surface area (Å²) in [6.45, 7) is 2.38. The van der Waals surface area contributed by atoms with Crippen molar-refractivity contribution in [3.05, 3.63) is 69.1 Å². The van der Waals surface area contributed by atoms with Gasteiger partial charge in [-0.3, -0.25) is 4.98 Å². The third kappa shape index (κ3) is 2.68. The Bertz CT molecular complexity index is 865.